The molecule has 0 bridgehead atoms. The molecule has 3 N–H and O–H groups in total. The summed E-state index contributed by atoms with van der Waals surface area (Å²) in [6.45, 7) is 0. The Hall–Kier alpha value is 0.01000. The largest absolute Gasteiger partial charge is 0.388 e. The highest BCUT2D eigenvalue weighted by molar-refractivity contribution is 8.69. The standard InChI is InChI=1S/C8H16O10S3/c1-16-8-7(18-20(2,11)12)6(10)5(9)4(17-8)3-19-21(13,14)15/h4-10H,3H2,1-2H3,(H,13,14,15). The smallest absolute Gasteiger partial charge is 0.319 e. The maximum absolute atomic E-state index is 11.1. The third-order valence-electron chi connectivity index (χ3n) is 2.54. The third kappa shape index (κ3) is 5.96. The van der Waals surface area contributed by atoms with Crippen LogP contribution in [-0.2, 0) is 32.9 Å². The van der Waals surface area contributed by atoms with Gasteiger partial charge in [0, 0.05) is 12.9 Å². The number of aliphatic hydroxyl groups is 2. The van der Waals surface area contributed by atoms with E-state index in [9.17, 15) is 27.0 Å². The molecule has 0 aromatic heterocycles. The van der Waals surface area contributed by atoms with Crippen molar-refractivity contribution in [2.24, 2.45) is 0 Å². The first kappa shape index (κ1) is 19.1. The first-order valence-corrected chi connectivity index (χ1v) is 10.2. The Morgan fingerprint density at radius 3 is 2.19 bits per heavy atom. The van der Waals surface area contributed by atoms with Crippen molar-refractivity contribution < 1.29 is 45.3 Å². The van der Waals surface area contributed by atoms with Crippen molar-refractivity contribution in [1.29, 1.82) is 0 Å². The van der Waals surface area contributed by atoms with Crippen LogP contribution >= 0.6 is 10.8 Å². The Balaban J connectivity index is 2.84. The number of hydrogen-bond acceptors (Lipinski definition) is 10. The van der Waals surface area contributed by atoms with Gasteiger partial charge in [0.05, 0.1) is 12.4 Å². The van der Waals surface area contributed by atoms with Gasteiger partial charge in [0.2, 0.25) is 0 Å². The first-order valence-electron chi connectivity index (χ1n) is 5.49. The van der Waals surface area contributed by atoms with Gasteiger partial charge in [-0.25, -0.2) is 0 Å². The van der Waals surface area contributed by atoms with Crippen molar-refractivity contribution in [2.45, 2.75) is 30.7 Å². The molecule has 5 unspecified atom stereocenters. The molecule has 1 rings (SSSR count). The van der Waals surface area contributed by atoms with Crippen molar-refractivity contribution in [3.05, 3.63) is 0 Å². The maximum atomic E-state index is 11.1. The topological polar surface area (TPSA) is 157 Å². The van der Waals surface area contributed by atoms with Crippen LogP contribution in [0.5, 0.6) is 0 Å². The van der Waals surface area contributed by atoms with Gasteiger partial charge in [-0.3, -0.25) is 8.74 Å². The number of rotatable bonds is 6. The van der Waals surface area contributed by atoms with Crippen LogP contribution < -0.4 is 0 Å². The molecule has 0 saturated carbocycles. The number of hydrogen-bond donors (Lipinski definition) is 3. The molecular formula is C8H16O10S3. The zero-order chi connectivity index (χ0) is 16.4. The Morgan fingerprint density at radius 2 is 1.76 bits per heavy atom. The van der Waals surface area contributed by atoms with Crippen LogP contribution in [0.15, 0.2) is 0 Å². The summed E-state index contributed by atoms with van der Waals surface area (Å²) in [5.41, 5.74) is 0. The van der Waals surface area contributed by atoms with Crippen molar-refractivity contribution in [2.75, 3.05) is 19.1 Å². The fourth-order valence-electron chi connectivity index (χ4n) is 1.69. The fraction of sp³-hybridized carbons (Fsp3) is 1.00. The summed E-state index contributed by atoms with van der Waals surface area (Å²) in [6.07, 6.45) is -6.63. The second-order valence-corrected chi connectivity index (χ2v) is 9.23. The summed E-state index contributed by atoms with van der Waals surface area (Å²) in [6, 6.07) is 0. The van der Waals surface area contributed by atoms with Gasteiger partial charge < -0.3 is 19.7 Å². The molecule has 5 atom stereocenters. The quantitative estimate of drug-likeness (QED) is 0.269. The van der Waals surface area contributed by atoms with Crippen LogP contribution in [0.4, 0.5) is 0 Å². The van der Waals surface area contributed by atoms with Crippen molar-refractivity contribution >= 4 is 30.1 Å². The Bertz CT molecular complexity index is 539. The molecule has 1 heterocycles. The molecule has 0 spiro atoms. The summed E-state index contributed by atoms with van der Waals surface area (Å²) in [4.78, 5) is 0. The zero-order valence-electron chi connectivity index (χ0n) is 11.0. The van der Waals surface area contributed by atoms with Gasteiger partial charge in [-0.1, -0.05) is 0 Å². The Kier molecular flexibility index (Phi) is 6.40. The van der Waals surface area contributed by atoms with Crippen molar-refractivity contribution in [1.82, 2.24) is 0 Å². The molecule has 126 valence electrons. The minimum absolute atomic E-state index is 0.0898. The predicted molar refractivity (Wildman–Crippen MR) is 71.4 cm³/mol. The number of aliphatic hydroxyl groups excluding tert-OH is 2. The lowest BCUT2D eigenvalue weighted by molar-refractivity contribution is -0.277. The second-order valence-electron chi connectivity index (χ2n) is 4.24. The van der Waals surface area contributed by atoms with E-state index in [1.54, 1.807) is 0 Å². The average Bonchev–Trinajstić information content (AvgIpc) is 2.31. The van der Waals surface area contributed by atoms with E-state index in [2.05, 4.69) is 4.18 Å². The third-order valence-corrected chi connectivity index (χ3v) is 5.18. The van der Waals surface area contributed by atoms with E-state index in [0.29, 0.717) is 0 Å². The van der Waals surface area contributed by atoms with E-state index in [1.165, 1.54) is 0 Å². The minimum atomic E-state index is -4.35. The molecular weight excluding hydrogens is 352 g/mol. The van der Waals surface area contributed by atoms with Gasteiger partial charge in [-0.05, 0) is 10.8 Å². The van der Waals surface area contributed by atoms with Gasteiger partial charge >= 0.3 is 9.15 Å². The number of methoxy groups -OCH3 is 1. The van der Waals surface area contributed by atoms with Gasteiger partial charge in [0.15, 0.2) is 12.4 Å². The highest BCUT2D eigenvalue weighted by Crippen LogP contribution is 2.28. The number of ether oxygens (including phenoxy) is 2. The summed E-state index contributed by atoms with van der Waals surface area (Å²) in [7, 11) is -7.06. The normalized spacial score (nSPS) is 34.8. The molecule has 21 heavy (non-hydrogen) atoms. The Labute approximate surface area is 125 Å². The van der Waals surface area contributed by atoms with Gasteiger partial charge in [0.25, 0.3) is 10.1 Å². The monoisotopic (exact) mass is 368 g/mol. The summed E-state index contributed by atoms with van der Waals surface area (Å²) < 4.78 is 66.7. The molecule has 0 amide bonds. The predicted octanol–water partition coefficient (Wildman–Crippen LogP) is -2.04. The van der Waals surface area contributed by atoms with Crippen molar-refractivity contribution in [3.8, 4) is 0 Å². The molecule has 0 aromatic carbocycles. The van der Waals surface area contributed by atoms with Gasteiger partial charge in [-0.2, -0.15) is 16.8 Å². The van der Waals surface area contributed by atoms with Crippen LogP contribution in [0.25, 0.3) is 0 Å². The van der Waals surface area contributed by atoms with E-state index in [1.807, 2.05) is 0 Å². The van der Waals surface area contributed by atoms with Crippen molar-refractivity contribution in [3.63, 3.8) is 0 Å². The van der Waals surface area contributed by atoms with Crippen LogP contribution in [-0.4, -0.2) is 81.4 Å². The lowest BCUT2D eigenvalue weighted by Gasteiger charge is -2.40. The summed E-state index contributed by atoms with van der Waals surface area (Å²) >= 11 is 0. The fourth-order valence-corrected chi connectivity index (χ4v) is 3.80. The first-order chi connectivity index (χ1) is 9.44. The van der Waals surface area contributed by atoms with Crippen LogP contribution in [0.3, 0.4) is 0 Å². The van der Waals surface area contributed by atoms with E-state index in [-0.39, 0.29) is 10.8 Å². The minimum Gasteiger partial charge on any atom is -0.388 e. The SMILES string of the molecule is COC1OC(CSS(=O)(=O)O)C(O)C(O)C1OS(C)(=O)=O. The molecule has 1 fully saturated rings. The summed E-state index contributed by atoms with van der Waals surface area (Å²) in [5.74, 6) is -0.400. The van der Waals surface area contributed by atoms with Crippen LogP contribution in [0.2, 0.25) is 0 Å². The van der Waals surface area contributed by atoms with Gasteiger partial charge in [-0.15, -0.1) is 0 Å². The Morgan fingerprint density at radius 1 is 1.19 bits per heavy atom. The lowest BCUT2D eigenvalue weighted by atomic mass is 10.00. The maximum Gasteiger partial charge on any atom is 0.319 e. The molecule has 10 nitrogen and oxygen atoms in total. The van der Waals surface area contributed by atoms with E-state index >= 15 is 0 Å². The summed E-state index contributed by atoms with van der Waals surface area (Å²) in [5, 5.41) is 19.7. The molecule has 1 aliphatic rings. The average molecular weight is 368 g/mol. The van der Waals surface area contributed by atoms with E-state index in [0.717, 1.165) is 13.4 Å². The van der Waals surface area contributed by atoms with Gasteiger partial charge in [0.1, 0.15) is 12.2 Å². The van der Waals surface area contributed by atoms with Crippen LogP contribution in [0, 0.1) is 0 Å². The molecule has 1 saturated heterocycles. The van der Waals surface area contributed by atoms with Crippen LogP contribution in [0.1, 0.15) is 0 Å². The highest BCUT2D eigenvalue weighted by atomic mass is 33.1. The zero-order valence-corrected chi connectivity index (χ0v) is 13.5. The van der Waals surface area contributed by atoms with E-state index in [4.69, 9.17) is 14.0 Å². The molecule has 0 aliphatic carbocycles. The highest BCUT2D eigenvalue weighted by Gasteiger charge is 2.47. The molecule has 0 aromatic rings. The molecule has 1 aliphatic heterocycles. The molecule has 0 radical (unpaired) electrons. The second kappa shape index (κ2) is 7.06. The van der Waals surface area contributed by atoms with E-state index < -0.39 is 55.7 Å². The molecule has 13 heteroatoms. The lowest BCUT2D eigenvalue weighted by Crippen LogP contribution is -2.60.